The molecule has 6 atom stereocenters. The number of carbonyl (C=O) groups excluding carboxylic acids is 3. The number of para-hydroxylation sites is 1. The van der Waals surface area contributed by atoms with Crippen LogP contribution in [-0.2, 0) is 27.1 Å². The lowest BCUT2D eigenvalue weighted by Gasteiger charge is -2.42. The van der Waals surface area contributed by atoms with Crippen LogP contribution in [0.3, 0.4) is 0 Å². The summed E-state index contributed by atoms with van der Waals surface area (Å²) in [6.45, 7) is 5.51. The minimum absolute atomic E-state index is 0. The molecule has 0 saturated carbocycles. The number of ether oxygens (including phenoxy) is 3. The molecule has 2 aliphatic carbocycles. The summed E-state index contributed by atoms with van der Waals surface area (Å²) in [5, 5.41) is 46.0. The van der Waals surface area contributed by atoms with Crippen LogP contribution in [0.25, 0.3) is 0 Å². The van der Waals surface area contributed by atoms with E-state index in [2.05, 4.69) is 11.0 Å². The molecule has 13 heteroatoms. The van der Waals surface area contributed by atoms with Crippen molar-refractivity contribution in [2.75, 3.05) is 18.6 Å². The van der Waals surface area contributed by atoms with Crippen molar-refractivity contribution in [1.82, 2.24) is 0 Å². The molecule has 1 saturated heterocycles. The van der Waals surface area contributed by atoms with Gasteiger partial charge in [-0.2, -0.15) is 0 Å². The zero-order valence-corrected chi connectivity index (χ0v) is 28.8. The Morgan fingerprint density at radius 3 is 2.46 bits per heavy atom. The first-order valence-electron chi connectivity index (χ1n) is 16.3. The molecular formula is C37H39ClN2O10. The Kier molecular flexibility index (Phi) is 9.29. The normalized spacial score (nSPS) is 27.1. The predicted molar refractivity (Wildman–Crippen MR) is 184 cm³/mol. The molecule has 3 aromatic rings. The Balaban J connectivity index is 0.00000432. The minimum atomic E-state index is -2.03. The molecule has 0 bridgehead atoms. The van der Waals surface area contributed by atoms with Crippen LogP contribution in [0.2, 0.25) is 0 Å². The number of halogens is 1. The average Bonchev–Trinajstić information content (AvgIpc) is 3.51. The standard InChI is InChI=1S/C37H38N2O10.ClH/c1-17-32(41)23(38-19(3)39-13-12-20-8-5-6-10-24(20)39)14-27(48-17)49-26-16-37(46,18(2)40)15-22-29(26)36(45)31-30(34(22)43)33(42)21-9-7-11-25(47-4)28(21)35(31)44;/h5-11,17,23,26-27,32,41,43,45-46H,12-16H2,1-4H3;1H/t17?,23-,26-,27?,32?,37?;/m0./s1. The number of benzene rings is 3. The van der Waals surface area contributed by atoms with Crippen LogP contribution in [0.1, 0.15) is 88.3 Å². The molecule has 50 heavy (non-hydrogen) atoms. The van der Waals surface area contributed by atoms with E-state index in [1.165, 1.54) is 37.8 Å². The maximum Gasteiger partial charge on any atom is 0.202 e. The van der Waals surface area contributed by atoms with E-state index in [0.717, 1.165) is 18.7 Å². The SMILES string of the molecule is COc1cccc2c1C(=O)c1c(O)c3c(c(O)c1C2=O)CC(O)(C(C)=O)C[C@@H]3OC1C[C@H](N=C(C)N2CCc3ccccc32)C(O)C(C)O1.Cl. The third-order valence-electron chi connectivity index (χ3n) is 10.4. The second-order valence-corrected chi connectivity index (χ2v) is 13.2. The number of fused-ring (bicyclic) bond motifs is 4. The zero-order valence-electron chi connectivity index (χ0n) is 28.0. The fraction of sp³-hybridized carbons (Fsp3) is 0.405. The molecule has 0 radical (unpaired) electrons. The molecule has 4 N–H and O–H groups in total. The number of aliphatic hydroxyl groups excluding tert-OH is 1. The van der Waals surface area contributed by atoms with Gasteiger partial charge in [0.2, 0.25) is 5.78 Å². The quantitative estimate of drug-likeness (QED) is 0.134. The number of phenols is 2. The molecule has 2 aliphatic heterocycles. The summed E-state index contributed by atoms with van der Waals surface area (Å²) >= 11 is 0. The summed E-state index contributed by atoms with van der Waals surface area (Å²) in [5.74, 6) is -2.46. The van der Waals surface area contributed by atoms with E-state index in [1.54, 1.807) is 6.92 Å². The predicted octanol–water partition coefficient (Wildman–Crippen LogP) is 3.97. The molecule has 4 aliphatic rings. The maximum atomic E-state index is 13.9. The van der Waals surface area contributed by atoms with E-state index in [-0.39, 0.29) is 53.3 Å². The molecule has 2 heterocycles. The van der Waals surface area contributed by atoms with Crippen molar-refractivity contribution in [3.63, 3.8) is 0 Å². The van der Waals surface area contributed by atoms with Gasteiger partial charge in [-0.05, 0) is 44.9 Å². The smallest absolute Gasteiger partial charge is 0.202 e. The second-order valence-electron chi connectivity index (χ2n) is 13.2. The number of hydrogen-bond donors (Lipinski definition) is 4. The number of rotatable bonds is 5. The number of aliphatic hydroxyl groups is 2. The number of anilines is 1. The van der Waals surface area contributed by atoms with Gasteiger partial charge in [-0.1, -0.05) is 30.3 Å². The summed E-state index contributed by atoms with van der Waals surface area (Å²) in [4.78, 5) is 47.4. The number of methoxy groups -OCH3 is 1. The number of carbonyl (C=O) groups is 3. The number of hydrogen-bond acceptors (Lipinski definition) is 11. The fourth-order valence-corrected chi connectivity index (χ4v) is 7.71. The lowest BCUT2D eigenvalue weighted by Crippen LogP contribution is -2.49. The van der Waals surface area contributed by atoms with E-state index in [0.29, 0.717) is 5.84 Å². The van der Waals surface area contributed by atoms with Crippen LogP contribution in [-0.4, -0.2) is 87.4 Å². The number of phenolic OH excluding ortho intramolecular Hbond substituents is 2. The highest BCUT2D eigenvalue weighted by Gasteiger charge is 2.49. The number of amidine groups is 1. The number of aromatic hydroxyl groups is 2. The Bertz CT molecular complexity index is 1950. The van der Waals surface area contributed by atoms with Crippen LogP contribution in [0, 0.1) is 0 Å². The molecule has 0 aromatic heterocycles. The molecular weight excluding hydrogens is 668 g/mol. The highest BCUT2D eigenvalue weighted by Crippen LogP contribution is 2.52. The van der Waals surface area contributed by atoms with E-state index < -0.39 is 82.6 Å². The van der Waals surface area contributed by atoms with Crippen molar-refractivity contribution < 1.29 is 49.0 Å². The summed E-state index contributed by atoms with van der Waals surface area (Å²) in [6.07, 6.45) is -3.80. The summed E-state index contributed by atoms with van der Waals surface area (Å²) in [6, 6.07) is 11.9. The summed E-state index contributed by atoms with van der Waals surface area (Å²) in [5.41, 5.74) is -0.796. The average molecular weight is 707 g/mol. The number of nitrogens with zero attached hydrogens (tertiary/aromatic N) is 2. The Labute approximate surface area is 294 Å². The highest BCUT2D eigenvalue weighted by atomic mass is 35.5. The van der Waals surface area contributed by atoms with Crippen LogP contribution >= 0.6 is 12.4 Å². The minimum Gasteiger partial charge on any atom is -0.507 e. The van der Waals surface area contributed by atoms with E-state index in [4.69, 9.17) is 19.2 Å². The van der Waals surface area contributed by atoms with Gasteiger partial charge in [0.1, 0.15) is 34.8 Å². The third kappa shape index (κ3) is 5.55. The van der Waals surface area contributed by atoms with Crippen LogP contribution in [0.5, 0.6) is 17.2 Å². The van der Waals surface area contributed by atoms with Gasteiger partial charge < -0.3 is 39.5 Å². The van der Waals surface area contributed by atoms with Crippen molar-refractivity contribution in [2.45, 2.75) is 82.7 Å². The van der Waals surface area contributed by atoms with Crippen molar-refractivity contribution in [3.8, 4) is 17.2 Å². The van der Waals surface area contributed by atoms with Gasteiger partial charge in [0.15, 0.2) is 17.9 Å². The fourth-order valence-electron chi connectivity index (χ4n) is 7.71. The Hall–Kier alpha value is -4.33. The Morgan fingerprint density at radius 1 is 1.02 bits per heavy atom. The molecule has 7 rings (SSSR count). The summed E-state index contributed by atoms with van der Waals surface area (Å²) < 4.78 is 17.8. The number of Topliss-reactive ketones (excluding diaryl/α,β-unsaturated/α-hetero) is 1. The largest absolute Gasteiger partial charge is 0.507 e. The topological polar surface area (TPSA) is 175 Å². The number of ketones is 3. The van der Waals surface area contributed by atoms with Gasteiger partial charge in [-0.25, -0.2) is 0 Å². The van der Waals surface area contributed by atoms with Gasteiger partial charge in [0.05, 0.1) is 42.0 Å². The van der Waals surface area contributed by atoms with Crippen LogP contribution < -0.4 is 9.64 Å². The van der Waals surface area contributed by atoms with Crippen LogP contribution in [0.15, 0.2) is 47.5 Å². The van der Waals surface area contributed by atoms with Gasteiger partial charge in [-0.15, -0.1) is 12.4 Å². The first-order valence-corrected chi connectivity index (χ1v) is 16.3. The molecule has 4 unspecified atom stereocenters. The Morgan fingerprint density at radius 2 is 1.74 bits per heavy atom. The first kappa shape index (κ1) is 35.5. The molecule has 0 spiro atoms. The lowest BCUT2D eigenvalue weighted by atomic mass is 9.72. The van der Waals surface area contributed by atoms with Crippen molar-refractivity contribution in [3.05, 3.63) is 81.4 Å². The molecule has 12 nitrogen and oxygen atoms in total. The van der Waals surface area contributed by atoms with E-state index in [1.807, 2.05) is 25.1 Å². The van der Waals surface area contributed by atoms with Crippen molar-refractivity contribution in [1.29, 1.82) is 0 Å². The highest BCUT2D eigenvalue weighted by molar-refractivity contribution is 6.31. The lowest BCUT2D eigenvalue weighted by molar-refractivity contribution is -0.246. The van der Waals surface area contributed by atoms with Gasteiger partial charge in [0, 0.05) is 48.2 Å². The number of aliphatic imine (C=N–C) groups is 1. The van der Waals surface area contributed by atoms with Crippen LogP contribution in [0.4, 0.5) is 5.69 Å². The first-order chi connectivity index (χ1) is 23.3. The third-order valence-corrected chi connectivity index (χ3v) is 10.4. The second kappa shape index (κ2) is 13.1. The summed E-state index contributed by atoms with van der Waals surface area (Å²) in [7, 11) is 1.35. The molecule has 1 fully saturated rings. The van der Waals surface area contributed by atoms with Crippen molar-refractivity contribution in [2.24, 2.45) is 4.99 Å². The maximum absolute atomic E-state index is 13.9. The van der Waals surface area contributed by atoms with Crippen molar-refractivity contribution >= 4 is 41.3 Å². The molecule has 3 aromatic carbocycles. The van der Waals surface area contributed by atoms with E-state index in [9.17, 15) is 34.8 Å². The molecule has 264 valence electrons. The molecule has 0 amide bonds. The van der Waals surface area contributed by atoms with Gasteiger partial charge in [0.25, 0.3) is 0 Å². The monoisotopic (exact) mass is 706 g/mol. The van der Waals surface area contributed by atoms with Gasteiger partial charge in [-0.3, -0.25) is 19.4 Å². The van der Waals surface area contributed by atoms with E-state index >= 15 is 0 Å². The zero-order chi connectivity index (χ0) is 34.9. The van der Waals surface area contributed by atoms with Gasteiger partial charge >= 0.3 is 0 Å².